The minimum atomic E-state index is -1.13. The smallest absolute Gasteiger partial charge is 0.238 e. The zero-order valence-corrected chi connectivity index (χ0v) is 18.5. The van der Waals surface area contributed by atoms with E-state index in [1.165, 1.54) is 17.5 Å². The molecule has 1 aliphatic carbocycles. The highest BCUT2D eigenvalue weighted by atomic mass is 32.2. The van der Waals surface area contributed by atoms with Crippen LogP contribution in [0, 0.1) is 11.3 Å². The Labute approximate surface area is 185 Å². The zero-order valence-electron chi connectivity index (χ0n) is 16.8. The molecule has 1 atom stereocenters. The first-order valence-corrected chi connectivity index (χ1v) is 11.6. The molecule has 1 saturated carbocycles. The fourth-order valence-electron chi connectivity index (χ4n) is 2.63. The minimum absolute atomic E-state index is 0.162. The van der Waals surface area contributed by atoms with Crippen molar-refractivity contribution in [3.05, 3.63) is 47.5 Å². The highest BCUT2D eigenvalue weighted by Gasteiger charge is 2.34. The largest absolute Gasteiger partial charge is 0.294 e. The Morgan fingerprint density at radius 3 is 2.65 bits per heavy atom. The van der Waals surface area contributed by atoms with Crippen LogP contribution in [0.3, 0.4) is 0 Å². The van der Waals surface area contributed by atoms with Crippen LogP contribution in [0.15, 0.2) is 36.2 Å². The number of nitrogens with one attached hydrogen (secondary N) is 2. The molecule has 158 valence electrons. The normalized spacial score (nSPS) is 14.5. The molecule has 1 unspecified atom stereocenters. The van der Waals surface area contributed by atoms with Crippen LogP contribution in [0.25, 0.3) is 11.1 Å². The number of nitriles is 1. The van der Waals surface area contributed by atoms with E-state index in [2.05, 4.69) is 30.0 Å². The Kier molecular flexibility index (Phi) is 5.75. The molecule has 31 heavy (non-hydrogen) atoms. The summed E-state index contributed by atoms with van der Waals surface area (Å²) in [4.78, 5) is 29.7. The Bertz CT molecular complexity index is 1180. The van der Waals surface area contributed by atoms with Gasteiger partial charge in [0.25, 0.3) is 0 Å². The van der Waals surface area contributed by atoms with Gasteiger partial charge in [0.1, 0.15) is 17.1 Å². The first-order chi connectivity index (χ1) is 14.9. The van der Waals surface area contributed by atoms with Crippen molar-refractivity contribution in [2.75, 3.05) is 10.0 Å². The van der Waals surface area contributed by atoms with E-state index in [-0.39, 0.29) is 17.1 Å². The Balaban J connectivity index is 1.43. The number of nitrogens with zero attached hydrogens (tertiary/aromatic N) is 5. The second kappa shape index (κ2) is 8.49. The van der Waals surface area contributed by atoms with Gasteiger partial charge >= 0.3 is 0 Å². The number of anilines is 2. The van der Waals surface area contributed by atoms with Crippen molar-refractivity contribution in [1.82, 2.24) is 19.9 Å². The lowest BCUT2D eigenvalue weighted by molar-refractivity contribution is -0.120. The van der Waals surface area contributed by atoms with Gasteiger partial charge in [-0.15, -0.1) is 11.3 Å². The van der Waals surface area contributed by atoms with E-state index in [4.69, 9.17) is 5.26 Å². The number of hydrogen-bond acceptors (Lipinski definition) is 8. The molecule has 3 aromatic heterocycles. The maximum Gasteiger partial charge on any atom is 0.238 e. The van der Waals surface area contributed by atoms with E-state index < -0.39 is 16.4 Å². The molecular formula is C20H19N7O2S2. The summed E-state index contributed by atoms with van der Waals surface area (Å²) >= 11 is 1.32. The van der Waals surface area contributed by atoms with Gasteiger partial charge in [0.05, 0.1) is 21.9 Å². The minimum Gasteiger partial charge on any atom is -0.294 e. The van der Waals surface area contributed by atoms with Crippen LogP contribution < -0.4 is 10.0 Å². The molecule has 9 nitrogen and oxygen atoms in total. The standard InChI is InChI=1S/C20H19N7O2S2/c1-20(2,16-11-30-19(25-16)27-31(29)15-3-4-15)17(28)26-18-23-9-14(10-24-18)13-5-12(6-21)7-22-8-13/h5,7-11,15H,3-4H2,1-2H3,(H,25,27)(H,23,24,26,28). The fraction of sp³-hybridized carbons (Fsp3) is 0.300. The zero-order chi connectivity index (χ0) is 22.0. The molecule has 1 fully saturated rings. The number of thiazole rings is 1. The van der Waals surface area contributed by atoms with Crippen molar-refractivity contribution in [3.8, 4) is 17.2 Å². The first-order valence-electron chi connectivity index (χ1n) is 9.49. The molecule has 0 aromatic carbocycles. The predicted molar refractivity (Wildman–Crippen MR) is 119 cm³/mol. The number of amides is 1. The lowest BCUT2D eigenvalue weighted by Gasteiger charge is -2.20. The molecule has 4 rings (SSSR count). The molecular weight excluding hydrogens is 434 g/mol. The van der Waals surface area contributed by atoms with Crippen LogP contribution in [0.5, 0.6) is 0 Å². The maximum atomic E-state index is 12.9. The van der Waals surface area contributed by atoms with Crippen LogP contribution in [-0.2, 0) is 21.2 Å². The molecule has 0 saturated heterocycles. The van der Waals surface area contributed by atoms with Crippen LogP contribution in [0.2, 0.25) is 0 Å². The number of carbonyl (C=O) groups is 1. The van der Waals surface area contributed by atoms with E-state index in [0.717, 1.165) is 12.8 Å². The molecule has 11 heteroatoms. The van der Waals surface area contributed by atoms with Crippen LogP contribution in [0.4, 0.5) is 11.1 Å². The monoisotopic (exact) mass is 453 g/mol. The third-order valence-corrected chi connectivity index (χ3v) is 7.16. The second-order valence-electron chi connectivity index (χ2n) is 7.59. The molecule has 0 spiro atoms. The maximum absolute atomic E-state index is 12.9. The van der Waals surface area contributed by atoms with Crippen molar-refractivity contribution in [1.29, 1.82) is 5.26 Å². The van der Waals surface area contributed by atoms with E-state index in [0.29, 0.717) is 27.5 Å². The van der Waals surface area contributed by atoms with Crippen LogP contribution in [-0.4, -0.2) is 35.3 Å². The highest BCUT2D eigenvalue weighted by Crippen LogP contribution is 2.31. The van der Waals surface area contributed by atoms with E-state index in [9.17, 15) is 9.00 Å². The molecule has 3 heterocycles. The average Bonchev–Trinajstić information content (AvgIpc) is 3.53. The van der Waals surface area contributed by atoms with Crippen LogP contribution >= 0.6 is 11.3 Å². The molecule has 0 radical (unpaired) electrons. The summed E-state index contributed by atoms with van der Waals surface area (Å²) < 4.78 is 14.9. The predicted octanol–water partition coefficient (Wildman–Crippen LogP) is 3.02. The number of carbonyl (C=O) groups excluding carboxylic acids is 1. The number of rotatable bonds is 7. The average molecular weight is 454 g/mol. The number of pyridine rings is 1. The second-order valence-corrected chi connectivity index (χ2v) is 9.91. The number of hydrogen-bond donors (Lipinski definition) is 2. The summed E-state index contributed by atoms with van der Waals surface area (Å²) in [5.74, 6) is -0.150. The Hall–Kier alpha value is -3.23. The SMILES string of the molecule is CC(C)(C(=O)Nc1ncc(-c2cncc(C#N)c2)cn1)c1csc(NS(=O)C2CC2)n1. The van der Waals surface area contributed by atoms with Gasteiger partial charge in [-0.3, -0.25) is 19.8 Å². The van der Waals surface area contributed by atoms with Gasteiger partial charge in [0, 0.05) is 41.3 Å². The Morgan fingerprint density at radius 1 is 1.23 bits per heavy atom. The first kappa shape index (κ1) is 21.0. The quantitative estimate of drug-likeness (QED) is 0.561. The van der Waals surface area contributed by atoms with Gasteiger partial charge in [-0.05, 0) is 32.8 Å². The molecule has 3 aromatic rings. The van der Waals surface area contributed by atoms with Crippen molar-refractivity contribution in [2.24, 2.45) is 0 Å². The van der Waals surface area contributed by atoms with Crippen molar-refractivity contribution in [2.45, 2.75) is 37.4 Å². The fourth-order valence-corrected chi connectivity index (χ4v) is 4.74. The molecule has 2 N–H and O–H groups in total. The molecule has 1 aliphatic rings. The van der Waals surface area contributed by atoms with E-state index >= 15 is 0 Å². The van der Waals surface area contributed by atoms with E-state index in [1.807, 2.05) is 6.07 Å². The van der Waals surface area contributed by atoms with Gasteiger partial charge in [0.15, 0.2) is 5.13 Å². The van der Waals surface area contributed by atoms with Crippen molar-refractivity contribution < 1.29 is 9.00 Å². The Morgan fingerprint density at radius 2 is 1.97 bits per heavy atom. The third-order valence-electron chi connectivity index (χ3n) is 4.81. The molecule has 1 amide bonds. The van der Waals surface area contributed by atoms with E-state index in [1.54, 1.807) is 43.9 Å². The van der Waals surface area contributed by atoms with Gasteiger partial charge in [-0.2, -0.15) is 5.26 Å². The van der Waals surface area contributed by atoms with Gasteiger partial charge < -0.3 is 0 Å². The summed E-state index contributed by atoms with van der Waals surface area (Å²) in [6, 6.07) is 3.73. The summed E-state index contributed by atoms with van der Waals surface area (Å²) in [6.45, 7) is 3.51. The van der Waals surface area contributed by atoms with Gasteiger partial charge in [0.2, 0.25) is 11.9 Å². The number of aromatic nitrogens is 4. The van der Waals surface area contributed by atoms with Crippen molar-refractivity contribution in [3.63, 3.8) is 0 Å². The lowest BCUT2D eigenvalue weighted by atomic mass is 9.89. The third kappa shape index (κ3) is 4.76. The summed E-state index contributed by atoms with van der Waals surface area (Å²) in [7, 11) is -1.13. The highest BCUT2D eigenvalue weighted by molar-refractivity contribution is 7.87. The molecule has 0 aliphatic heterocycles. The molecule has 0 bridgehead atoms. The van der Waals surface area contributed by atoms with Gasteiger partial charge in [-0.1, -0.05) is 0 Å². The van der Waals surface area contributed by atoms with Gasteiger partial charge in [-0.25, -0.2) is 19.2 Å². The van der Waals surface area contributed by atoms with Crippen LogP contribution in [0.1, 0.15) is 37.9 Å². The summed E-state index contributed by atoms with van der Waals surface area (Å²) in [5.41, 5.74) is 1.46. The topological polar surface area (TPSA) is 134 Å². The van der Waals surface area contributed by atoms with Crippen molar-refractivity contribution >= 4 is 39.3 Å². The lowest BCUT2D eigenvalue weighted by Crippen LogP contribution is -2.35. The summed E-state index contributed by atoms with van der Waals surface area (Å²) in [6.07, 6.45) is 8.14. The summed E-state index contributed by atoms with van der Waals surface area (Å²) in [5, 5.41) is 14.2.